The van der Waals surface area contributed by atoms with Crippen molar-refractivity contribution in [2.75, 3.05) is 6.61 Å². The highest BCUT2D eigenvalue weighted by Crippen LogP contribution is 2.64. The molecule has 0 aliphatic heterocycles. The molecular weight excluding hydrogens is 248 g/mol. The fourth-order valence-electron chi connectivity index (χ4n) is 2.64. The minimum absolute atomic E-state index is 0.187. The van der Waals surface area contributed by atoms with Gasteiger partial charge in [0, 0.05) is 6.61 Å². The first-order chi connectivity index (χ1) is 8.93. The second-order valence-corrected chi connectivity index (χ2v) is 5.46. The Morgan fingerprint density at radius 2 is 2.21 bits per heavy atom. The van der Waals surface area contributed by atoms with Crippen LogP contribution >= 0.6 is 0 Å². The second kappa shape index (κ2) is 4.92. The number of ether oxygens (including phenoxy) is 1. The van der Waals surface area contributed by atoms with E-state index >= 15 is 0 Å². The molecule has 0 bridgehead atoms. The summed E-state index contributed by atoms with van der Waals surface area (Å²) in [5, 5.41) is 13.1. The van der Waals surface area contributed by atoms with E-state index in [1.54, 1.807) is 0 Å². The van der Waals surface area contributed by atoms with E-state index in [0.717, 1.165) is 6.42 Å². The van der Waals surface area contributed by atoms with Crippen LogP contribution in [0.15, 0.2) is 4.52 Å². The highest BCUT2D eigenvalue weighted by atomic mass is 16.5. The molecule has 1 aliphatic rings. The predicted octanol–water partition coefficient (Wildman–Crippen LogP) is 2.38. The van der Waals surface area contributed by atoms with Gasteiger partial charge in [0.1, 0.15) is 6.10 Å². The third-order valence-electron chi connectivity index (χ3n) is 3.84. The summed E-state index contributed by atoms with van der Waals surface area (Å²) in [7, 11) is 0. The van der Waals surface area contributed by atoms with Crippen molar-refractivity contribution in [3.8, 4) is 0 Å². The van der Waals surface area contributed by atoms with Crippen LogP contribution in [0.5, 0.6) is 0 Å². The van der Waals surface area contributed by atoms with Crippen LogP contribution < -0.4 is 0 Å². The largest absolute Gasteiger partial charge is 0.481 e. The zero-order chi connectivity index (χ0) is 14.2. The molecule has 1 aromatic rings. The van der Waals surface area contributed by atoms with Crippen LogP contribution in [-0.2, 0) is 9.53 Å². The molecule has 1 saturated carbocycles. The van der Waals surface area contributed by atoms with Crippen LogP contribution in [0.4, 0.5) is 0 Å². The molecule has 0 radical (unpaired) electrons. The molecule has 0 aromatic carbocycles. The minimum Gasteiger partial charge on any atom is -0.481 e. The van der Waals surface area contributed by atoms with Gasteiger partial charge in [-0.25, -0.2) is 0 Å². The van der Waals surface area contributed by atoms with Gasteiger partial charge >= 0.3 is 5.97 Å². The molecule has 3 unspecified atom stereocenters. The number of hydrogen-bond acceptors (Lipinski definition) is 5. The van der Waals surface area contributed by atoms with Gasteiger partial charge in [-0.15, -0.1) is 0 Å². The van der Waals surface area contributed by atoms with E-state index in [9.17, 15) is 4.79 Å². The van der Waals surface area contributed by atoms with Crippen molar-refractivity contribution in [1.29, 1.82) is 0 Å². The average Bonchev–Trinajstić information content (AvgIpc) is 2.73. The lowest BCUT2D eigenvalue weighted by atomic mass is 10.1. The molecule has 19 heavy (non-hydrogen) atoms. The summed E-state index contributed by atoms with van der Waals surface area (Å²) in [6.07, 6.45) is 0.566. The van der Waals surface area contributed by atoms with Crippen molar-refractivity contribution in [2.24, 2.45) is 11.3 Å². The normalized spacial score (nSPS) is 26.1. The van der Waals surface area contributed by atoms with Crippen LogP contribution in [-0.4, -0.2) is 27.8 Å². The third-order valence-corrected chi connectivity index (χ3v) is 3.84. The van der Waals surface area contributed by atoms with Crippen molar-refractivity contribution in [2.45, 2.75) is 46.1 Å². The Kier molecular flexibility index (Phi) is 3.62. The molecule has 1 aliphatic carbocycles. The summed E-state index contributed by atoms with van der Waals surface area (Å²) in [6.45, 7) is 8.28. The lowest BCUT2D eigenvalue weighted by Gasteiger charge is -2.09. The topological polar surface area (TPSA) is 85.5 Å². The van der Waals surface area contributed by atoms with Crippen molar-refractivity contribution in [3.63, 3.8) is 0 Å². The highest BCUT2D eigenvalue weighted by molar-refractivity contribution is 5.77. The van der Waals surface area contributed by atoms with Gasteiger partial charge in [0.25, 0.3) is 0 Å². The monoisotopic (exact) mass is 268 g/mol. The number of carboxylic acid groups (broad SMARTS) is 1. The van der Waals surface area contributed by atoms with Gasteiger partial charge in [0.05, 0.1) is 11.8 Å². The summed E-state index contributed by atoms with van der Waals surface area (Å²) in [5.41, 5.74) is -0.330. The molecule has 2 rings (SSSR count). The molecule has 1 heterocycles. The van der Waals surface area contributed by atoms with Crippen molar-refractivity contribution >= 4 is 5.97 Å². The molecule has 0 saturated heterocycles. The lowest BCUT2D eigenvalue weighted by molar-refractivity contribution is -0.139. The molecule has 1 aromatic heterocycles. The van der Waals surface area contributed by atoms with Gasteiger partial charge in [-0.1, -0.05) is 25.9 Å². The van der Waals surface area contributed by atoms with Gasteiger partial charge in [-0.3, -0.25) is 4.79 Å². The van der Waals surface area contributed by atoms with E-state index in [0.29, 0.717) is 18.3 Å². The molecule has 1 N–H and O–H groups in total. The second-order valence-electron chi connectivity index (χ2n) is 5.46. The van der Waals surface area contributed by atoms with Crippen molar-refractivity contribution < 1.29 is 19.2 Å². The quantitative estimate of drug-likeness (QED) is 0.852. The summed E-state index contributed by atoms with van der Waals surface area (Å²) >= 11 is 0. The number of nitrogens with zero attached hydrogens (tertiary/aromatic N) is 2. The van der Waals surface area contributed by atoms with Gasteiger partial charge in [-0.05, 0) is 18.8 Å². The Hall–Kier alpha value is -1.43. The average molecular weight is 268 g/mol. The summed E-state index contributed by atoms with van der Waals surface area (Å²) in [5.74, 6) is -0.554. The van der Waals surface area contributed by atoms with E-state index < -0.39 is 11.9 Å². The standard InChI is InChI=1S/C13H20N2O4/c1-5-7(18-6-2)10-14-11(19-15-10)8-9(12(16)17)13(8,3)4/h7-9H,5-6H2,1-4H3,(H,16,17). The number of carboxylic acids is 1. The molecule has 0 amide bonds. The van der Waals surface area contributed by atoms with E-state index in [4.69, 9.17) is 14.4 Å². The first kappa shape index (κ1) is 14.0. The lowest BCUT2D eigenvalue weighted by Crippen LogP contribution is -2.05. The Morgan fingerprint density at radius 3 is 2.68 bits per heavy atom. The maximum absolute atomic E-state index is 11.1. The number of aromatic nitrogens is 2. The fourth-order valence-corrected chi connectivity index (χ4v) is 2.64. The molecular formula is C13H20N2O4. The molecule has 1 fully saturated rings. The summed E-state index contributed by atoms with van der Waals surface area (Å²) in [4.78, 5) is 15.5. The minimum atomic E-state index is -0.813. The summed E-state index contributed by atoms with van der Waals surface area (Å²) in [6, 6.07) is 0. The molecule has 6 heteroatoms. The van der Waals surface area contributed by atoms with Crippen molar-refractivity contribution in [1.82, 2.24) is 10.1 Å². The van der Waals surface area contributed by atoms with Crippen LogP contribution in [0, 0.1) is 11.3 Å². The number of aliphatic carboxylic acids is 1. The van der Waals surface area contributed by atoms with Crippen LogP contribution in [0.25, 0.3) is 0 Å². The van der Waals surface area contributed by atoms with Crippen LogP contribution in [0.3, 0.4) is 0 Å². The molecule has 106 valence electrons. The van der Waals surface area contributed by atoms with E-state index in [1.165, 1.54) is 0 Å². The molecule has 0 spiro atoms. The van der Waals surface area contributed by atoms with Crippen molar-refractivity contribution in [3.05, 3.63) is 11.7 Å². The van der Waals surface area contributed by atoms with Gasteiger partial charge in [0.15, 0.2) is 0 Å². The fraction of sp³-hybridized carbons (Fsp3) is 0.769. The van der Waals surface area contributed by atoms with E-state index in [-0.39, 0.29) is 17.4 Å². The Bertz CT molecular complexity index is 469. The maximum Gasteiger partial charge on any atom is 0.307 e. The van der Waals surface area contributed by atoms with Gasteiger partial charge in [-0.2, -0.15) is 4.98 Å². The predicted molar refractivity (Wildman–Crippen MR) is 66.6 cm³/mol. The van der Waals surface area contributed by atoms with E-state index in [2.05, 4.69) is 10.1 Å². The smallest absolute Gasteiger partial charge is 0.307 e. The SMILES string of the molecule is CCOC(CC)c1noc(C2C(C(=O)O)C2(C)C)n1. The van der Waals surface area contributed by atoms with Gasteiger partial charge in [0.2, 0.25) is 11.7 Å². The Morgan fingerprint density at radius 1 is 1.53 bits per heavy atom. The first-order valence-electron chi connectivity index (χ1n) is 6.61. The Labute approximate surface area is 112 Å². The number of hydrogen-bond donors (Lipinski definition) is 1. The first-order valence-corrected chi connectivity index (χ1v) is 6.61. The highest BCUT2D eigenvalue weighted by Gasteiger charge is 2.65. The number of rotatable bonds is 6. The third kappa shape index (κ3) is 2.36. The van der Waals surface area contributed by atoms with Gasteiger partial charge < -0.3 is 14.4 Å². The van der Waals surface area contributed by atoms with Crippen LogP contribution in [0.2, 0.25) is 0 Å². The summed E-state index contributed by atoms with van der Waals surface area (Å²) < 4.78 is 10.7. The van der Waals surface area contributed by atoms with Crippen LogP contribution in [0.1, 0.15) is 57.9 Å². The Balaban J connectivity index is 2.16. The maximum atomic E-state index is 11.1. The molecule has 6 nitrogen and oxygen atoms in total. The van der Waals surface area contributed by atoms with E-state index in [1.807, 2.05) is 27.7 Å². The number of carbonyl (C=O) groups is 1. The zero-order valence-corrected chi connectivity index (χ0v) is 11.7. The molecule has 3 atom stereocenters. The zero-order valence-electron chi connectivity index (χ0n) is 11.7.